The molecule has 0 amide bonds. The molecule has 0 aliphatic carbocycles. The van der Waals surface area contributed by atoms with Crippen molar-refractivity contribution in [3.8, 4) is 0 Å². The summed E-state index contributed by atoms with van der Waals surface area (Å²) in [7, 11) is 0.482. The van der Waals surface area contributed by atoms with Crippen LogP contribution >= 0.6 is 0 Å². The Hall–Kier alpha value is -0.960. The molecule has 0 atom stereocenters. The first-order valence-electron chi connectivity index (χ1n) is 6.83. The highest BCUT2D eigenvalue weighted by molar-refractivity contribution is 7.89. The van der Waals surface area contributed by atoms with Gasteiger partial charge in [-0.1, -0.05) is 6.92 Å². The van der Waals surface area contributed by atoms with Gasteiger partial charge < -0.3 is 10.2 Å². The smallest absolute Gasteiger partial charge is 0.243 e. The normalized spacial score (nSPS) is 12.2. The van der Waals surface area contributed by atoms with Crippen molar-refractivity contribution in [3.05, 3.63) is 12.4 Å². The van der Waals surface area contributed by atoms with Crippen molar-refractivity contribution < 1.29 is 8.42 Å². The van der Waals surface area contributed by atoms with E-state index in [0.717, 1.165) is 26.1 Å². The average Bonchev–Trinajstić information content (AvgIpc) is 2.84. The molecule has 0 spiro atoms. The number of likely N-dealkylation sites (N-methyl/N-ethyl adjacent to an activating group) is 1. The molecule has 1 aromatic rings. The largest absolute Gasteiger partial charge is 0.315 e. The predicted molar refractivity (Wildman–Crippen MR) is 79.1 cm³/mol. The van der Waals surface area contributed by atoms with Crippen LogP contribution in [0.3, 0.4) is 0 Å². The lowest BCUT2D eigenvalue weighted by molar-refractivity contribution is 0.400. The minimum absolute atomic E-state index is 0.221. The molecule has 0 saturated heterocycles. The maximum Gasteiger partial charge on any atom is 0.243 e. The van der Waals surface area contributed by atoms with E-state index in [4.69, 9.17) is 0 Å². The molecule has 20 heavy (non-hydrogen) atoms. The highest BCUT2D eigenvalue weighted by Gasteiger charge is 2.15. The molecule has 0 radical (unpaired) electrons. The van der Waals surface area contributed by atoms with Crippen molar-refractivity contribution in [3.63, 3.8) is 0 Å². The third-order valence-corrected chi connectivity index (χ3v) is 4.18. The van der Waals surface area contributed by atoms with Crippen molar-refractivity contribution in [2.24, 2.45) is 0 Å². The number of nitrogens with zero attached hydrogens (tertiary/aromatic N) is 3. The molecule has 1 aromatic heterocycles. The first-order valence-corrected chi connectivity index (χ1v) is 8.31. The van der Waals surface area contributed by atoms with Gasteiger partial charge in [-0.25, -0.2) is 13.1 Å². The minimum atomic E-state index is -3.44. The van der Waals surface area contributed by atoms with E-state index < -0.39 is 10.0 Å². The van der Waals surface area contributed by atoms with Crippen LogP contribution in [0, 0.1) is 0 Å². The van der Waals surface area contributed by atoms with Crippen molar-refractivity contribution in [2.75, 3.05) is 40.3 Å². The average molecular weight is 303 g/mol. The van der Waals surface area contributed by atoms with E-state index in [9.17, 15) is 8.42 Å². The van der Waals surface area contributed by atoms with Gasteiger partial charge in [0.05, 0.1) is 12.7 Å². The van der Waals surface area contributed by atoms with Crippen LogP contribution < -0.4 is 10.0 Å². The van der Waals surface area contributed by atoms with Crippen molar-refractivity contribution in [1.82, 2.24) is 24.7 Å². The van der Waals surface area contributed by atoms with Gasteiger partial charge >= 0.3 is 0 Å². The second-order valence-electron chi connectivity index (χ2n) is 4.85. The van der Waals surface area contributed by atoms with Gasteiger partial charge in [0, 0.05) is 19.3 Å². The third kappa shape index (κ3) is 6.00. The summed E-state index contributed by atoms with van der Waals surface area (Å²) in [5.74, 6) is 0. The Labute approximate surface area is 121 Å². The van der Waals surface area contributed by atoms with Gasteiger partial charge in [-0.3, -0.25) is 4.68 Å². The van der Waals surface area contributed by atoms with E-state index >= 15 is 0 Å². The highest BCUT2D eigenvalue weighted by atomic mass is 32.2. The fraction of sp³-hybridized carbons (Fsp3) is 0.750. The van der Waals surface area contributed by atoms with Gasteiger partial charge in [0.2, 0.25) is 10.0 Å². The van der Waals surface area contributed by atoms with Crippen LogP contribution in [-0.2, 0) is 16.6 Å². The zero-order valence-corrected chi connectivity index (χ0v) is 13.3. The summed E-state index contributed by atoms with van der Waals surface area (Å²) in [6.07, 6.45) is 3.73. The third-order valence-electron chi connectivity index (χ3n) is 2.76. The van der Waals surface area contributed by atoms with E-state index in [1.54, 1.807) is 10.9 Å². The standard InChI is InChI=1S/C12H25N5O2S/c1-4-13-7-9-17-11-12(10-14-17)20(18,19)15-6-5-8-16(2)3/h10-11,13,15H,4-9H2,1-3H3. The quantitative estimate of drug-likeness (QED) is 0.581. The zero-order chi connectivity index (χ0) is 15.0. The van der Waals surface area contributed by atoms with Gasteiger partial charge in [0.15, 0.2) is 0 Å². The highest BCUT2D eigenvalue weighted by Crippen LogP contribution is 2.06. The first-order chi connectivity index (χ1) is 9.45. The van der Waals surface area contributed by atoms with Gasteiger partial charge in [-0.2, -0.15) is 5.10 Å². The molecule has 0 aliphatic heterocycles. The zero-order valence-electron chi connectivity index (χ0n) is 12.5. The maximum absolute atomic E-state index is 12.0. The molecule has 0 fully saturated rings. The van der Waals surface area contributed by atoms with Gasteiger partial charge in [-0.05, 0) is 33.6 Å². The lowest BCUT2D eigenvalue weighted by atomic mass is 10.4. The fourth-order valence-electron chi connectivity index (χ4n) is 1.66. The summed E-state index contributed by atoms with van der Waals surface area (Å²) in [6.45, 7) is 5.63. The van der Waals surface area contributed by atoms with Crippen molar-refractivity contribution >= 4 is 10.0 Å². The SMILES string of the molecule is CCNCCn1cc(S(=O)(=O)NCCCN(C)C)cn1. The van der Waals surface area contributed by atoms with E-state index in [0.29, 0.717) is 13.1 Å². The summed E-state index contributed by atoms with van der Waals surface area (Å²) >= 11 is 0. The molecule has 2 N–H and O–H groups in total. The number of hydrogen-bond donors (Lipinski definition) is 2. The van der Waals surface area contributed by atoms with Gasteiger partial charge in [-0.15, -0.1) is 0 Å². The Balaban J connectivity index is 2.46. The predicted octanol–water partition coefficient (Wildman–Crippen LogP) is -0.277. The van der Waals surface area contributed by atoms with E-state index in [1.165, 1.54) is 6.20 Å². The molecular formula is C12H25N5O2S. The fourth-order valence-corrected chi connectivity index (χ4v) is 2.69. The molecule has 1 rings (SSSR count). The van der Waals surface area contributed by atoms with E-state index in [-0.39, 0.29) is 4.90 Å². The summed E-state index contributed by atoms with van der Waals surface area (Å²) in [5.41, 5.74) is 0. The lowest BCUT2D eigenvalue weighted by Gasteiger charge is -2.09. The van der Waals surface area contributed by atoms with Crippen LogP contribution in [0.2, 0.25) is 0 Å². The Morgan fingerprint density at radius 2 is 2.10 bits per heavy atom. The van der Waals surface area contributed by atoms with Gasteiger partial charge in [0.25, 0.3) is 0 Å². The van der Waals surface area contributed by atoms with E-state index in [2.05, 4.69) is 15.1 Å². The lowest BCUT2D eigenvalue weighted by Crippen LogP contribution is -2.27. The molecule has 0 aromatic carbocycles. The van der Waals surface area contributed by atoms with Crippen LogP contribution in [0.25, 0.3) is 0 Å². The summed E-state index contributed by atoms with van der Waals surface area (Å²) in [5, 5.41) is 7.23. The number of nitrogens with one attached hydrogen (secondary N) is 2. The second kappa shape index (κ2) is 8.35. The van der Waals surface area contributed by atoms with Crippen LogP contribution in [0.15, 0.2) is 17.3 Å². The molecule has 8 heteroatoms. The Morgan fingerprint density at radius 3 is 2.75 bits per heavy atom. The molecule has 116 valence electrons. The number of sulfonamides is 1. The van der Waals surface area contributed by atoms with Gasteiger partial charge in [0.1, 0.15) is 4.90 Å². The summed E-state index contributed by atoms with van der Waals surface area (Å²) < 4.78 is 28.3. The number of hydrogen-bond acceptors (Lipinski definition) is 5. The van der Waals surface area contributed by atoms with Crippen LogP contribution in [0.4, 0.5) is 0 Å². The Morgan fingerprint density at radius 1 is 1.35 bits per heavy atom. The Bertz CT molecular complexity index is 484. The van der Waals surface area contributed by atoms with Crippen LogP contribution in [0.1, 0.15) is 13.3 Å². The topological polar surface area (TPSA) is 79.3 Å². The first kappa shape index (κ1) is 17.1. The molecule has 0 saturated carbocycles. The number of rotatable bonds is 10. The molecular weight excluding hydrogens is 278 g/mol. The molecule has 0 unspecified atom stereocenters. The minimum Gasteiger partial charge on any atom is -0.315 e. The van der Waals surface area contributed by atoms with Crippen LogP contribution in [-0.4, -0.2) is 63.4 Å². The summed E-state index contributed by atoms with van der Waals surface area (Å²) in [4.78, 5) is 2.24. The Kier molecular flexibility index (Phi) is 7.14. The van der Waals surface area contributed by atoms with Crippen molar-refractivity contribution in [2.45, 2.75) is 24.8 Å². The van der Waals surface area contributed by atoms with Crippen molar-refractivity contribution in [1.29, 1.82) is 0 Å². The molecule has 0 aliphatic rings. The monoisotopic (exact) mass is 303 g/mol. The second-order valence-corrected chi connectivity index (χ2v) is 6.61. The molecule has 7 nitrogen and oxygen atoms in total. The number of aromatic nitrogens is 2. The van der Waals surface area contributed by atoms with E-state index in [1.807, 2.05) is 25.9 Å². The molecule has 1 heterocycles. The summed E-state index contributed by atoms with van der Waals surface area (Å²) in [6, 6.07) is 0. The maximum atomic E-state index is 12.0. The molecule has 0 bridgehead atoms. The van der Waals surface area contributed by atoms with Crippen LogP contribution in [0.5, 0.6) is 0 Å².